The van der Waals surface area contributed by atoms with Crippen LogP contribution in [0.3, 0.4) is 0 Å². The number of esters is 1. The number of rotatable bonds is 7. The Bertz CT molecular complexity index is 785. The molecule has 0 aliphatic heterocycles. The molecule has 1 heterocycles. The number of carbonyl (C=O) groups excluding carboxylic acids is 3. The molecule has 8 heteroatoms. The molecule has 7 nitrogen and oxygen atoms in total. The largest absolute Gasteiger partial charge is 0.497 e. The molecule has 0 aliphatic carbocycles. The van der Waals surface area contributed by atoms with E-state index >= 15 is 0 Å². The quantitative estimate of drug-likeness (QED) is 0.725. The molecule has 2 N–H and O–H groups in total. The summed E-state index contributed by atoms with van der Waals surface area (Å²) in [4.78, 5) is 35.9. The number of hydrogen-bond acceptors (Lipinski definition) is 6. The Balaban J connectivity index is 2.12. The van der Waals surface area contributed by atoms with E-state index in [2.05, 4.69) is 10.6 Å². The predicted molar refractivity (Wildman–Crippen MR) is 98.5 cm³/mol. The van der Waals surface area contributed by atoms with Crippen molar-refractivity contribution < 1.29 is 23.9 Å². The number of benzene rings is 1. The predicted octanol–water partition coefficient (Wildman–Crippen LogP) is 2.75. The van der Waals surface area contributed by atoms with Crippen LogP contribution >= 0.6 is 11.3 Å². The second kappa shape index (κ2) is 9.00. The van der Waals surface area contributed by atoms with Crippen LogP contribution in [0.25, 0.3) is 0 Å². The minimum Gasteiger partial charge on any atom is -0.497 e. The van der Waals surface area contributed by atoms with Gasteiger partial charge in [0.05, 0.1) is 32.4 Å². The van der Waals surface area contributed by atoms with Gasteiger partial charge in [-0.25, -0.2) is 4.79 Å². The van der Waals surface area contributed by atoms with Gasteiger partial charge in [0.1, 0.15) is 10.6 Å². The summed E-state index contributed by atoms with van der Waals surface area (Å²) in [5.74, 6) is -0.405. The standard InChI is InChI=1S/C18H20N2O5S/c1-11(21)19-15(12-4-6-13(24-2)7-5-12)10-16(22)20-14-8-9-26-17(14)18(23)25-3/h4-9,15H,10H2,1-3H3,(H,19,21)(H,20,22)/t15-/m1/s1. The Morgan fingerprint density at radius 3 is 2.38 bits per heavy atom. The maximum absolute atomic E-state index is 12.4. The molecule has 1 aromatic carbocycles. The first-order valence-corrected chi connectivity index (χ1v) is 8.69. The molecule has 0 bridgehead atoms. The van der Waals surface area contributed by atoms with Crippen molar-refractivity contribution in [1.82, 2.24) is 5.32 Å². The van der Waals surface area contributed by atoms with Crippen LogP contribution in [0.15, 0.2) is 35.7 Å². The Hall–Kier alpha value is -2.87. The Morgan fingerprint density at radius 2 is 1.81 bits per heavy atom. The third-order valence-electron chi connectivity index (χ3n) is 3.60. The van der Waals surface area contributed by atoms with E-state index in [1.165, 1.54) is 25.4 Å². The molecule has 0 radical (unpaired) electrons. The van der Waals surface area contributed by atoms with Crippen molar-refractivity contribution in [2.24, 2.45) is 0 Å². The molecule has 0 aliphatic rings. The molecule has 0 fully saturated rings. The maximum atomic E-state index is 12.4. The number of methoxy groups -OCH3 is 2. The first-order chi connectivity index (χ1) is 12.4. The zero-order valence-corrected chi connectivity index (χ0v) is 15.5. The van der Waals surface area contributed by atoms with Crippen LogP contribution in [0.2, 0.25) is 0 Å². The van der Waals surface area contributed by atoms with Crippen molar-refractivity contribution in [3.63, 3.8) is 0 Å². The lowest BCUT2D eigenvalue weighted by Crippen LogP contribution is -2.29. The highest BCUT2D eigenvalue weighted by atomic mass is 32.1. The minimum absolute atomic E-state index is 0.0162. The molecule has 138 valence electrons. The van der Waals surface area contributed by atoms with Crippen LogP contribution in [0.4, 0.5) is 5.69 Å². The zero-order valence-electron chi connectivity index (χ0n) is 14.7. The van der Waals surface area contributed by atoms with Gasteiger partial charge in [0.2, 0.25) is 11.8 Å². The topological polar surface area (TPSA) is 93.7 Å². The molecule has 2 rings (SSSR count). The van der Waals surface area contributed by atoms with Crippen molar-refractivity contribution in [3.05, 3.63) is 46.2 Å². The van der Waals surface area contributed by atoms with Crippen LogP contribution in [-0.4, -0.2) is 32.0 Å². The van der Waals surface area contributed by atoms with Gasteiger partial charge in [-0.3, -0.25) is 9.59 Å². The number of nitrogens with one attached hydrogen (secondary N) is 2. The van der Waals surface area contributed by atoms with Gasteiger partial charge >= 0.3 is 5.97 Å². The van der Waals surface area contributed by atoms with Gasteiger partial charge in [0, 0.05) is 6.92 Å². The smallest absolute Gasteiger partial charge is 0.350 e. The van der Waals surface area contributed by atoms with E-state index < -0.39 is 12.0 Å². The summed E-state index contributed by atoms with van der Waals surface area (Å²) in [6, 6.07) is 8.23. The summed E-state index contributed by atoms with van der Waals surface area (Å²) >= 11 is 1.18. The van der Waals surface area contributed by atoms with Crippen molar-refractivity contribution in [1.29, 1.82) is 0 Å². The summed E-state index contributed by atoms with van der Waals surface area (Å²) in [5, 5.41) is 7.15. The highest BCUT2D eigenvalue weighted by molar-refractivity contribution is 7.12. The first kappa shape index (κ1) is 19.5. The zero-order chi connectivity index (χ0) is 19.1. The lowest BCUT2D eigenvalue weighted by molar-refractivity contribution is -0.120. The van der Waals surface area contributed by atoms with Crippen LogP contribution < -0.4 is 15.4 Å². The highest BCUT2D eigenvalue weighted by Gasteiger charge is 2.20. The van der Waals surface area contributed by atoms with E-state index in [9.17, 15) is 14.4 Å². The molecule has 2 amide bonds. The fraction of sp³-hybridized carbons (Fsp3) is 0.278. The van der Waals surface area contributed by atoms with E-state index in [1.54, 1.807) is 42.8 Å². The second-order valence-corrected chi connectivity index (χ2v) is 6.35. The molecule has 0 unspecified atom stereocenters. The van der Waals surface area contributed by atoms with Gasteiger partial charge in [0.15, 0.2) is 0 Å². The van der Waals surface area contributed by atoms with Gasteiger partial charge in [-0.15, -0.1) is 11.3 Å². The molecule has 1 atom stereocenters. The van der Waals surface area contributed by atoms with Crippen molar-refractivity contribution in [2.45, 2.75) is 19.4 Å². The number of ether oxygens (including phenoxy) is 2. The average Bonchev–Trinajstić information content (AvgIpc) is 3.08. The van der Waals surface area contributed by atoms with Gasteiger partial charge in [-0.05, 0) is 29.1 Å². The SMILES string of the molecule is COC(=O)c1sccc1NC(=O)C[C@@H](NC(C)=O)c1ccc(OC)cc1. The molecular formula is C18H20N2O5S. The first-order valence-electron chi connectivity index (χ1n) is 7.81. The monoisotopic (exact) mass is 376 g/mol. The molecule has 0 spiro atoms. The summed E-state index contributed by atoms with van der Waals surface area (Å²) < 4.78 is 9.81. The van der Waals surface area contributed by atoms with E-state index in [1.807, 2.05) is 0 Å². The molecular weight excluding hydrogens is 356 g/mol. The second-order valence-electron chi connectivity index (χ2n) is 5.43. The van der Waals surface area contributed by atoms with E-state index in [4.69, 9.17) is 9.47 Å². The number of anilines is 1. The lowest BCUT2D eigenvalue weighted by atomic mass is 10.0. The fourth-order valence-electron chi connectivity index (χ4n) is 2.38. The van der Waals surface area contributed by atoms with E-state index in [0.717, 1.165) is 5.56 Å². The van der Waals surface area contributed by atoms with Crippen LogP contribution in [0.1, 0.15) is 34.6 Å². The maximum Gasteiger partial charge on any atom is 0.350 e. The number of thiophene rings is 1. The summed E-state index contributed by atoms with van der Waals surface area (Å²) in [5.41, 5.74) is 1.16. The summed E-state index contributed by atoms with van der Waals surface area (Å²) in [6.07, 6.45) is 0.0162. The number of carbonyl (C=O) groups is 3. The Morgan fingerprint density at radius 1 is 1.12 bits per heavy atom. The number of hydrogen-bond donors (Lipinski definition) is 2. The minimum atomic E-state index is -0.510. The third-order valence-corrected chi connectivity index (χ3v) is 4.49. The Labute approximate surface area is 155 Å². The fourth-order valence-corrected chi connectivity index (χ4v) is 3.14. The van der Waals surface area contributed by atoms with Crippen molar-refractivity contribution in [2.75, 3.05) is 19.5 Å². The average molecular weight is 376 g/mol. The van der Waals surface area contributed by atoms with E-state index in [0.29, 0.717) is 16.3 Å². The van der Waals surface area contributed by atoms with E-state index in [-0.39, 0.29) is 18.2 Å². The van der Waals surface area contributed by atoms with Gasteiger partial charge in [-0.1, -0.05) is 12.1 Å². The van der Waals surface area contributed by atoms with Crippen molar-refractivity contribution in [3.8, 4) is 5.75 Å². The summed E-state index contributed by atoms with van der Waals surface area (Å²) in [7, 11) is 2.84. The van der Waals surface area contributed by atoms with Gasteiger partial charge < -0.3 is 20.1 Å². The van der Waals surface area contributed by atoms with Crippen LogP contribution in [-0.2, 0) is 14.3 Å². The normalized spacial score (nSPS) is 11.3. The molecule has 2 aromatic rings. The lowest BCUT2D eigenvalue weighted by Gasteiger charge is -2.18. The Kier molecular flexibility index (Phi) is 6.74. The highest BCUT2D eigenvalue weighted by Crippen LogP contribution is 2.25. The molecule has 26 heavy (non-hydrogen) atoms. The molecule has 0 saturated heterocycles. The third kappa shape index (κ3) is 5.06. The molecule has 0 saturated carbocycles. The van der Waals surface area contributed by atoms with Gasteiger partial charge in [-0.2, -0.15) is 0 Å². The van der Waals surface area contributed by atoms with Crippen LogP contribution in [0.5, 0.6) is 5.75 Å². The molecule has 1 aromatic heterocycles. The van der Waals surface area contributed by atoms with Crippen molar-refractivity contribution >= 4 is 34.8 Å². The number of amides is 2. The van der Waals surface area contributed by atoms with Gasteiger partial charge in [0.25, 0.3) is 0 Å². The van der Waals surface area contributed by atoms with Crippen LogP contribution in [0, 0.1) is 0 Å². The summed E-state index contributed by atoms with van der Waals surface area (Å²) in [6.45, 7) is 1.39.